The number of rotatable bonds is 4. The Morgan fingerprint density at radius 3 is 2.36 bits per heavy atom. The molecule has 28 heavy (non-hydrogen) atoms. The van der Waals surface area contributed by atoms with Gasteiger partial charge in [0.25, 0.3) is 5.91 Å². The zero-order chi connectivity index (χ0) is 19.1. The molecule has 0 unspecified atom stereocenters. The first-order chi connectivity index (χ1) is 13.7. The molecule has 2 N–H and O–H groups in total. The molecule has 0 atom stereocenters. The van der Waals surface area contributed by atoms with Crippen LogP contribution in [0.25, 0.3) is 10.9 Å². The second-order valence-corrected chi connectivity index (χ2v) is 7.58. The molecular formula is C23H21N3O2. The standard InChI is InChI=1S/C23H21N3O2/c27-22(14-8-9-14)24-15-10-12-16(13-11-15)25-23(28)21-17-4-1-2-6-19(17)26-20-7-3-5-18(20)21/h1-2,4,6,10-14H,3,5,7-9H2,(H,24,27)(H,25,28). The Hall–Kier alpha value is -3.21. The van der Waals surface area contributed by atoms with Gasteiger partial charge in [-0.3, -0.25) is 14.6 Å². The van der Waals surface area contributed by atoms with Gasteiger partial charge >= 0.3 is 0 Å². The van der Waals surface area contributed by atoms with E-state index in [4.69, 9.17) is 4.98 Å². The van der Waals surface area contributed by atoms with Crippen molar-refractivity contribution in [1.29, 1.82) is 0 Å². The largest absolute Gasteiger partial charge is 0.326 e. The number of hydrogen-bond donors (Lipinski definition) is 2. The Kier molecular flexibility index (Phi) is 4.08. The van der Waals surface area contributed by atoms with Crippen LogP contribution in [0.5, 0.6) is 0 Å². The number of benzene rings is 2. The summed E-state index contributed by atoms with van der Waals surface area (Å²) in [5.74, 6) is 0.142. The molecule has 2 aliphatic rings. The maximum Gasteiger partial charge on any atom is 0.256 e. The fraction of sp³-hybridized carbons (Fsp3) is 0.261. The van der Waals surface area contributed by atoms with Gasteiger partial charge in [0.15, 0.2) is 0 Å². The van der Waals surface area contributed by atoms with Crippen molar-refractivity contribution in [2.24, 2.45) is 5.92 Å². The van der Waals surface area contributed by atoms with Crippen LogP contribution in [-0.4, -0.2) is 16.8 Å². The van der Waals surface area contributed by atoms with E-state index in [1.165, 1.54) is 0 Å². The van der Waals surface area contributed by atoms with Gasteiger partial charge < -0.3 is 10.6 Å². The number of hydrogen-bond acceptors (Lipinski definition) is 3. The number of carbonyl (C=O) groups is 2. The second-order valence-electron chi connectivity index (χ2n) is 7.58. The molecule has 1 fully saturated rings. The molecule has 5 nitrogen and oxygen atoms in total. The van der Waals surface area contributed by atoms with Crippen LogP contribution in [-0.2, 0) is 17.6 Å². The molecule has 5 heteroatoms. The van der Waals surface area contributed by atoms with Gasteiger partial charge in [0.2, 0.25) is 5.91 Å². The van der Waals surface area contributed by atoms with E-state index >= 15 is 0 Å². The third-order valence-electron chi connectivity index (χ3n) is 5.50. The lowest BCUT2D eigenvalue weighted by atomic mass is 10.0. The van der Waals surface area contributed by atoms with Gasteiger partial charge in [-0.05, 0) is 68.0 Å². The Morgan fingerprint density at radius 2 is 1.61 bits per heavy atom. The van der Waals surface area contributed by atoms with Crippen molar-refractivity contribution in [3.63, 3.8) is 0 Å². The summed E-state index contributed by atoms with van der Waals surface area (Å²) >= 11 is 0. The van der Waals surface area contributed by atoms with Crippen molar-refractivity contribution in [3.8, 4) is 0 Å². The molecule has 2 amide bonds. The molecule has 0 bridgehead atoms. The van der Waals surface area contributed by atoms with Crippen LogP contribution in [0.4, 0.5) is 11.4 Å². The van der Waals surface area contributed by atoms with Gasteiger partial charge in [-0.2, -0.15) is 0 Å². The van der Waals surface area contributed by atoms with Crippen LogP contribution < -0.4 is 10.6 Å². The smallest absolute Gasteiger partial charge is 0.256 e. The Bertz CT molecular complexity index is 1080. The lowest BCUT2D eigenvalue weighted by Gasteiger charge is -2.13. The quantitative estimate of drug-likeness (QED) is 0.717. The average molecular weight is 371 g/mol. The van der Waals surface area contributed by atoms with Crippen molar-refractivity contribution < 1.29 is 9.59 Å². The highest BCUT2D eigenvalue weighted by Gasteiger charge is 2.29. The molecule has 2 aromatic carbocycles. The molecule has 1 heterocycles. The van der Waals surface area contributed by atoms with E-state index in [9.17, 15) is 9.59 Å². The number of aryl methyl sites for hydroxylation is 1. The Labute approximate surface area is 163 Å². The molecule has 0 saturated heterocycles. The first-order valence-corrected chi connectivity index (χ1v) is 9.82. The normalized spacial score (nSPS) is 15.3. The van der Waals surface area contributed by atoms with E-state index in [1.807, 2.05) is 48.5 Å². The topological polar surface area (TPSA) is 71.1 Å². The van der Waals surface area contributed by atoms with Crippen molar-refractivity contribution in [3.05, 3.63) is 65.4 Å². The predicted octanol–water partition coefficient (Wildman–Crippen LogP) is 4.32. The minimum atomic E-state index is -0.105. The first kappa shape index (κ1) is 16.9. The van der Waals surface area contributed by atoms with Crippen LogP contribution >= 0.6 is 0 Å². The number of carbonyl (C=O) groups excluding carboxylic acids is 2. The average Bonchev–Trinajstić information content (AvgIpc) is 3.46. The lowest BCUT2D eigenvalue weighted by molar-refractivity contribution is -0.117. The van der Waals surface area contributed by atoms with Crippen molar-refractivity contribution >= 4 is 34.1 Å². The molecule has 5 rings (SSSR count). The number of aromatic nitrogens is 1. The summed E-state index contributed by atoms with van der Waals surface area (Å²) in [6.45, 7) is 0. The van der Waals surface area contributed by atoms with Gasteiger partial charge in [0, 0.05) is 28.4 Å². The minimum Gasteiger partial charge on any atom is -0.326 e. The van der Waals surface area contributed by atoms with Crippen LogP contribution in [0.1, 0.15) is 40.9 Å². The van der Waals surface area contributed by atoms with Gasteiger partial charge in [-0.1, -0.05) is 18.2 Å². The van der Waals surface area contributed by atoms with E-state index in [2.05, 4.69) is 10.6 Å². The van der Waals surface area contributed by atoms with Gasteiger partial charge in [0.1, 0.15) is 0 Å². The molecule has 0 radical (unpaired) electrons. The van der Waals surface area contributed by atoms with Gasteiger partial charge in [-0.25, -0.2) is 0 Å². The SMILES string of the molecule is O=C(Nc1ccc(NC(=O)C2CC2)cc1)c1c2c(nc3ccccc13)CCC2. The van der Waals surface area contributed by atoms with E-state index in [0.717, 1.165) is 65.5 Å². The first-order valence-electron chi connectivity index (χ1n) is 9.82. The molecule has 0 aliphatic heterocycles. The highest BCUT2D eigenvalue weighted by atomic mass is 16.2. The molecule has 2 aliphatic carbocycles. The number of nitrogens with one attached hydrogen (secondary N) is 2. The molecular weight excluding hydrogens is 350 g/mol. The van der Waals surface area contributed by atoms with E-state index in [1.54, 1.807) is 0 Å². The highest BCUT2D eigenvalue weighted by molar-refractivity contribution is 6.13. The Balaban J connectivity index is 1.41. The van der Waals surface area contributed by atoms with E-state index in [-0.39, 0.29) is 17.7 Å². The summed E-state index contributed by atoms with van der Waals surface area (Å²) in [4.78, 5) is 29.8. The molecule has 1 aromatic heterocycles. The predicted molar refractivity (Wildman–Crippen MR) is 110 cm³/mol. The van der Waals surface area contributed by atoms with Gasteiger partial charge in [-0.15, -0.1) is 0 Å². The lowest BCUT2D eigenvalue weighted by Crippen LogP contribution is -2.16. The summed E-state index contributed by atoms with van der Waals surface area (Å²) in [6, 6.07) is 15.1. The number of fused-ring (bicyclic) bond motifs is 2. The van der Waals surface area contributed by atoms with Crippen molar-refractivity contribution in [2.75, 3.05) is 10.6 Å². The molecule has 1 saturated carbocycles. The number of pyridine rings is 1. The fourth-order valence-corrected chi connectivity index (χ4v) is 3.89. The summed E-state index contributed by atoms with van der Waals surface area (Å²) < 4.78 is 0. The number of anilines is 2. The molecule has 0 spiro atoms. The van der Waals surface area contributed by atoms with Crippen LogP contribution in [0, 0.1) is 5.92 Å². The monoisotopic (exact) mass is 371 g/mol. The van der Waals surface area contributed by atoms with Gasteiger partial charge in [0.05, 0.1) is 11.1 Å². The summed E-state index contributed by atoms with van der Waals surface area (Å²) in [7, 11) is 0. The van der Waals surface area contributed by atoms with Crippen LogP contribution in [0.15, 0.2) is 48.5 Å². The minimum absolute atomic E-state index is 0.0793. The third-order valence-corrected chi connectivity index (χ3v) is 5.50. The number of amides is 2. The number of para-hydroxylation sites is 1. The number of nitrogens with zero attached hydrogens (tertiary/aromatic N) is 1. The maximum atomic E-state index is 13.1. The van der Waals surface area contributed by atoms with E-state index < -0.39 is 0 Å². The maximum absolute atomic E-state index is 13.1. The summed E-state index contributed by atoms with van der Waals surface area (Å²) in [5.41, 5.74) is 5.19. The second kappa shape index (κ2) is 6.75. The van der Waals surface area contributed by atoms with Crippen molar-refractivity contribution in [2.45, 2.75) is 32.1 Å². The summed E-state index contributed by atoms with van der Waals surface area (Å²) in [5, 5.41) is 6.83. The van der Waals surface area contributed by atoms with Crippen molar-refractivity contribution in [1.82, 2.24) is 4.98 Å². The molecule has 140 valence electrons. The zero-order valence-corrected chi connectivity index (χ0v) is 15.5. The fourth-order valence-electron chi connectivity index (χ4n) is 3.89. The molecule has 3 aromatic rings. The van der Waals surface area contributed by atoms with Crippen LogP contribution in [0.2, 0.25) is 0 Å². The zero-order valence-electron chi connectivity index (χ0n) is 15.5. The highest BCUT2D eigenvalue weighted by Crippen LogP contribution is 2.31. The Morgan fingerprint density at radius 1 is 0.893 bits per heavy atom. The van der Waals surface area contributed by atoms with Crippen LogP contribution in [0.3, 0.4) is 0 Å². The third kappa shape index (κ3) is 3.13. The summed E-state index contributed by atoms with van der Waals surface area (Å²) in [6.07, 6.45) is 4.81. The van der Waals surface area contributed by atoms with E-state index in [0.29, 0.717) is 5.69 Å².